The van der Waals surface area contributed by atoms with Crippen molar-refractivity contribution < 1.29 is 23.8 Å². The van der Waals surface area contributed by atoms with Crippen LogP contribution in [0.1, 0.15) is 62.6 Å². The molecule has 0 saturated heterocycles. The Morgan fingerprint density at radius 2 is 1.80 bits per heavy atom. The van der Waals surface area contributed by atoms with E-state index in [1.54, 1.807) is 27.4 Å². The molecule has 1 aliphatic carbocycles. The summed E-state index contributed by atoms with van der Waals surface area (Å²) >= 11 is 0. The first-order valence-electron chi connectivity index (χ1n) is 15.4. The number of methoxy groups -OCH3 is 3. The summed E-state index contributed by atoms with van der Waals surface area (Å²) < 4.78 is 17.1. The molecule has 1 aromatic heterocycles. The van der Waals surface area contributed by atoms with Crippen molar-refractivity contribution in [2.75, 3.05) is 33.2 Å². The standard InChI is InChI=1S/C35H41N5O6/c1-7-19(2)32(35-38-25-10-8-9-11-26(25)39-35)40-30(43)18-36-27-15-13-22-23(17-28(27)42)24(37-20(3)41)14-12-21-16-29(44-4)33(45-5)34(46-6)31(21)22/h8-11,13,15-17,19,24,32H,7,12,14,18H2,1-6H3,(H,36,42)(H,37,41)(H,38,39)(H,40,43)/t19-,24-,32-/m0/s1. The fraction of sp³-hybridized carbons (Fsp3) is 0.371. The summed E-state index contributed by atoms with van der Waals surface area (Å²) in [7, 11) is 4.66. The number of hydrogen-bond acceptors (Lipinski definition) is 8. The van der Waals surface area contributed by atoms with Gasteiger partial charge in [-0.05, 0) is 65.8 Å². The van der Waals surface area contributed by atoms with Crippen LogP contribution < -0.4 is 35.6 Å². The molecule has 46 heavy (non-hydrogen) atoms. The number of nitrogens with zero attached hydrogens (tertiary/aromatic N) is 1. The molecule has 0 fully saturated rings. The summed E-state index contributed by atoms with van der Waals surface area (Å²) in [4.78, 5) is 47.2. The molecule has 3 atom stereocenters. The highest BCUT2D eigenvalue weighted by Crippen LogP contribution is 2.50. The quantitative estimate of drug-likeness (QED) is 0.181. The van der Waals surface area contributed by atoms with E-state index in [1.165, 1.54) is 13.0 Å². The zero-order valence-corrected chi connectivity index (χ0v) is 27.1. The lowest BCUT2D eigenvalue weighted by Gasteiger charge is -2.22. The topological polar surface area (TPSA) is 144 Å². The lowest BCUT2D eigenvalue weighted by molar-refractivity contribution is -0.121. The van der Waals surface area contributed by atoms with Gasteiger partial charge >= 0.3 is 0 Å². The monoisotopic (exact) mass is 627 g/mol. The zero-order valence-electron chi connectivity index (χ0n) is 27.1. The number of imidazole rings is 1. The van der Waals surface area contributed by atoms with Gasteiger partial charge in [-0.1, -0.05) is 38.5 Å². The van der Waals surface area contributed by atoms with Gasteiger partial charge in [0, 0.05) is 12.5 Å². The van der Waals surface area contributed by atoms with Gasteiger partial charge in [-0.25, -0.2) is 4.98 Å². The van der Waals surface area contributed by atoms with Gasteiger partial charge in [0.05, 0.1) is 56.7 Å². The Labute approximate surface area is 268 Å². The molecule has 242 valence electrons. The van der Waals surface area contributed by atoms with Crippen molar-refractivity contribution in [1.29, 1.82) is 0 Å². The number of carbonyl (C=O) groups excluding carboxylic acids is 2. The Balaban J connectivity index is 1.48. The summed E-state index contributed by atoms with van der Waals surface area (Å²) in [6.45, 7) is 5.45. The molecule has 11 heteroatoms. The molecular formula is C35H41N5O6. The fourth-order valence-corrected chi connectivity index (χ4v) is 6.09. The second kappa shape index (κ2) is 13.9. The van der Waals surface area contributed by atoms with E-state index in [0.717, 1.165) is 28.6 Å². The first-order valence-corrected chi connectivity index (χ1v) is 15.4. The van der Waals surface area contributed by atoms with Crippen molar-refractivity contribution in [1.82, 2.24) is 20.6 Å². The van der Waals surface area contributed by atoms with E-state index in [1.807, 2.05) is 36.4 Å². The number of amides is 2. The summed E-state index contributed by atoms with van der Waals surface area (Å²) in [5, 5.41) is 9.15. The van der Waals surface area contributed by atoms with Crippen molar-refractivity contribution in [2.45, 2.75) is 52.1 Å². The minimum absolute atomic E-state index is 0.112. The molecule has 5 rings (SSSR count). The lowest BCUT2D eigenvalue weighted by atomic mass is 9.95. The van der Waals surface area contributed by atoms with Gasteiger partial charge in [-0.15, -0.1) is 0 Å². The van der Waals surface area contributed by atoms with Crippen LogP contribution >= 0.6 is 0 Å². The molecule has 1 aliphatic rings. The van der Waals surface area contributed by atoms with Crippen LogP contribution in [0.15, 0.2) is 53.3 Å². The molecule has 2 amide bonds. The average Bonchev–Trinajstić information content (AvgIpc) is 3.35. The molecular weight excluding hydrogens is 586 g/mol. The molecule has 1 heterocycles. The van der Waals surface area contributed by atoms with Crippen LogP contribution in [0.3, 0.4) is 0 Å². The number of fused-ring (bicyclic) bond motifs is 4. The number of carbonyl (C=O) groups is 2. The van der Waals surface area contributed by atoms with Crippen LogP contribution in [0.5, 0.6) is 17.2 Å². The lowest BCUT2D eigenvalue weighted by Crippen LogP contribution is -2.37. The van der Waals surface area contributed by atoms with Crippen LogP contribution in [0.25, 0.3) is 22.2 Å². The first kappa shape index (κ1) is 32.3. The number of para-hydroxylation sites is 2. The van der Waals surface area contributed by atoms with E-state index < -0.39 is 6.04 Å². The molecule has 0 radical (unpaired) electrons. The van der Waals surface area contributed by atoms with Gasteiger partial charge in [0.25, 0.3) is 0 Å². The third kappa shape index (κ3) is 6.49. The largest absolute Gasteiger partial charge is 0.493 e. The van der Waals surface area contributed by atoms with Crippen LogP contribution in [0.4, 0.5) is 5.69 Å². The predicted octanol–water partition coefficient (Wildman–Crippen LogP) is 5.05. The van der Waals surface area contributed by atoms with E-state index in [4.69, 9.17) is 19.2 Å². The number of ether oxygens (including phenoxy) is 3. The Morgan fingerprint density at radius 3 is 2.48 bits per heavy atom. The Hall–Kier alpha value is -5.06. The van der Waals surface area contributed by atoms with Gasteiger partial charge in [-0.2, -0.15) is 0 Å². The van der Waals surface area contributed by atoms with Crippen LogP contribution in [0, 0.1) is 5.92 Å². The van der Waals surface area contributed by atoms with Gasteiger partial charge in [0.15, 0.2) is 11.5 Å². The number of anilines is 1. The SMILES string of the molecule is CC[C@H](C)[C@H](NC(=O)CNc1ccc2c(cc1=O)[C@@H](NC(C)=O)CCc1cc(OC)c(OC)c(OC)c1-2)c1nc2ccccc2[nH]1. The number of hydrogen-bond donors (Lipinski definition) is 4. The van der Waals surface area contributed by atoms with Gasteiger partial charge < -0.3 is 35.1 Å². The van der Waals surface area contributed by atoms with Crippen molar-refractivity contribution >= 4 is 28.5 Å². The highest BCUT2D eigenvalue weighted by Gasteiger charge is 2.30. The number of H-pyrrole nitrogens is 1. The van der Waals surface area contributed by atoms with Gasteiger partial charge in [0.1, 0.15) is 5.82 Å². The minimum Gasteiger partial charge on any atom is -0.493 e. The number of benzene rings is 2. The van der Waals surface area contributed by atoms with Crippen LogP contribution in [0.2, 0.25) is 0 Å². The summed E-state index contributed by atoms with van der Waals surface area (Å²) in [5.74, 6) is 1.73. The molecule has 0 saturated carbocycles. The van der Waals surface area contributed by atoms with Crippen LogP contribution in [-0.2, 0) is 16.0 Å². The normalized spacial score (nSPS) is 15.0. The minimum atomic E-state index is -0.432. The maximum atomic E-state index is 13.6. The number of aromatic amines is 1. The van der Waals surface area contributed by atoms with Gasteiger partial charge in [-0.3, -0.25) is 14.4 Å². The van der Waals surface area contributed by atoms with E-state index >= 15 is 0 Å². The molecule has 4 N–H and O–H groups in total. The molecule has 3 aromatic carbocycles. The van der Waals surface area contributed by atoms with Crippen molar-refractivity contribution in [3.63, 3.8) is 0 Å². The van der Waals surface area contributed by atoms with E-state index in [0.29, 0.717) is 47.0 Å². The Kier molecular flexibility index (Phi) is 9.79. The Morgan fingerprint density at radius 1 is 1.04 bits per heavy atom. The summed E-state index contributed by atoms with van der Waals surface area (Å²) in [5.41, 5.74) is 4.69. The van der Waals surface area contributed by atoms with Crippen molar-refractivity contribution in [2.24, 2.45) is 5.92 Å². The molecule has 4 aromatic rings. The second-order valence-electron chi connectivity index (χ2n) is 11.5. The maximum Gasteiger partial charge on any atom is 0.239 e. The number of nitrogens with one attached hydrogen (secondary N) is 4. The molecule has 0 unspecified atom stereocenters. The fourth-order valence-electron chi connectivity index (χ4n) is 6.09. The summed E-state index contributed by atoms with van der Waals surface area (Å²) in [6, 6.07) is 13.9. The van der Waals surface area contributed by atoms with Gasteiger partial charge in [0.2, 0.25) is 23.0 Å². The van der Waals surface area contributed by atoms with E-state index in [2.05, 4.69) is 34.8 Å². The third-order valence-electron chi connectivity index (χ3n) is 8.59. The smallest absolute Gasteiger partial charge is 0.239 e. The predicted molar refractivity (Wildman–Crippen MR) is 178 cm³/mol. The number of aryl methyl sites for hydroxylation is 1. The van der Waals surface area contributed by atoms with Crippen molar-refractivity contribution in [3.05, 3.63) is 75.7 Å². The zero-order chi connectivity index (χ0) is 33.0. The highest BCUT2D eigenvalue weighted by atomic mass is 16.5. The molecule has 0 bridgehead atoms. The van der Waals surface area contributed by atoms with E-state index in [9.17, 15) is 14.4 Å². The number of aromatic nitrogens is 2. The Bertz CT molecular complexity index is 1790. The maximum absolute atomic E-state index is 13.6. The molecule has 0 spiro atoms. The first-order chi connectivity index (χ1) is 22.2. The summed E-state index contributed by atoms with van der Waals surface area (Å²) in [6.07, 6.45) is 1.97. The van der Waals surface area contributed by atoms with Crippen LogP contribution in [-0.4, -0.2) is 49.7 Å². The molecule has 11 nitrogen and oxygen atoms in total. The number of rotatable bonds is 11. The highest BCUT2D eigenvalue weighted by molar-refractivity contribution is 5.85. The third-order valence-corrected chi connectivity index (χ3v) is 8.59. The molecule has 0 aliphatic heterocycles. The second-order valence-corrected chi connectivity index (χ2v) is 11.5. The average molecular weight is 628 g/mol. The van der Waals surface area contributed by atoms with E-state index in [-0.39, 0.29) is 41.4 Å². The van der Waals surface area contributed by atoms with Crippen molar-refractivity contribution in [3.8, 4) is 28.4 Å².